The van der Waals surface area contributed by atoms with Gasteiger partial charge in [0.05, 0.1) is 18.3 Å². The summed E-state index contributed by atoms with van der Waals surface area (Å²) in [7, 11) is 0. The van der Waals surface area contributed by atoms with Crippen molar-refractivity contribution in [2.45, 2.75) is 19.5 Å². The van der Waals surface area contributed by atoms with Gasteiger partial charge < -0.3 is 11.1 Å². The van der Waals surface area contributed by atoms with Crippen LogP contribution in [0.5, 0.6) is 0 Å². The normalized spacial score (nSPS) is 11.4. The van der Waals surface area contributed by atoms with E-state index in [0.29, 0.717) is 0 Å². The summed E-state index contributed by atoms with van der Waals surface area (Å²) in [4.78, 5) is 14.8. The largest absolute Gasteiger partial charge is 0.349 e. The average Bonchev–Trinajstić information content (AvgIpc) is 2.16. The lowest BCUT2D eigenvalue weighted by molar-refractivity contribution is -0.122. The summed E-state index contributed by atoms with van der Waals surface area (Å²) >= 11 is 0. The van der Waals surface area contributed by atoms with Gasteiger partial charge in [-0.05, 0) is 19.1 Å². The molecule has 15 heavy (non-hydrogen) atoms. The number of carbonyl (C=O) groups excluding carboxylic acids is 1. The summed E-state index contributed by atoms with van der Waals surface area (Å²) in [5, 5.41) is 2.47. The number of nitrogens with one attached hydrogen (secondary N) is 1. The number of nitrogens with two attached hydrogens (primary N) is 1. The minimum Gasteiger partial charge on any atom is -0.349 e. The van der Waals surface area contributed by atoms with E-state index in [2.05, 4.69) is 10.3 Å². The van der Waals surface area contributed by atoms with Gasteiger partial charge in [0.15, 0.2) is 0 Å². The molecule has 0 fully saturated rings. The van der Waals surface area contributed by atoms with Crippen molar-refractivity contribution in [3.05, 3.63) is 29.8 Å². The third kappa shape index (κ3) is 4.22. The Labute approximate surface area is 93.5 Å². The molecule has 0 radical (unpaired) electrons. The van der Waals surface area contributed by atoms with E-state index in [-0.39, 0.29) is 30.6 Å². The smallest absolute Gasteiger partial charge is 0.236 e. The standard InChI is InChI=1S/C9H12FN3O.ClH/c1-6(11)9(14)13-5-8-7(10)3-2-4-12-8;/h2-4,6H,5,11H2,1H3,(H,13,14);1H/t6-;/m1./s1. The molecule has 1 atom stereocenters. The fourth-order valence-electron chi connectivity index (χ4n) is 0.880. The lowest BCUT2D eigenvalue weighted by Gasteiger charge is -2.07. The number of halogens is 2. The molecule has 0 bridgehead atoms. The Morgan fingerprint density at radius 1 is 1.73 bits per heavy atom. The third-order valence-corrected chi connectivity index (χ3v) is 1.68. The van der Waals surface area contributed by atoms with E-state index in [1.807, 2.05) is 0 Å². The first kappa shape index (κ1) is 13.8. The molecule has 4 nitrogen and oxygen atoms in total. The van der Waals surface area contributed by atoms with Gasteiger partial charge in [-0.3, -0.25) is 9.78 Å². The summed E-state index contributed by atoms with van der Waals surface area (Å²) in [5.41, 5.74) is 5.52. The van der Waals surface area contributed by atoms with Crippen molar-refractivity contribution in [1.29, 1.82) is 0 Å². The van der Waals surface area contributed by atoms with Crippen LogP contribution in [0.15, 0.2) is 18.3 Å². The minimum absolute atomic E-state index is 0. The summed E-state index contributed by atoms with van der Waals surface area (Å²) in [6.07, 6.45) is 1.47. The number of pyridine rings is 1. The van der Waals surface area contributed by atoms with Crippen molar-refractivity contribution in [3.63, 3.8) is 0 Å². The van der Waals surface area contributed by atoms with Crippen LogP contribution in [-0.4, -0.2) is 16.9 Å². The van der Waals surface area contributed by atoms with Crippen LogP contribution in [0.2, 0.25) is 0 Å². The van der Waals surface area contributed by atoms with E-state index in [1.54, 1.807) is 6.92 Å². The molecule has 0 saturated carbocycles. The van der Waals surface area contributed by atoms with E-state index in [0.717, 1.165) is 0 Å². The highest BCUT2D eigenvalue weighted by Gasteiger charge is 2.08. The molecule has 0 aliphatic heterocycles. The maximum atomic E-state index is 13.0. The number of hydrogen-bond donors (Lipinski definition) is 2. The first-order valence-corrected chi connectivity index (χ1v) is 4.24. The van der Waals surface area contributed by atoms with E-state index in [4.69, 9.17) is 5.73 Å². The SMILES string of the molecule is C[C@@H](N)C(=O)NCc1ncccc1F.Cl. The van der Waals surface area contributed by atoms with E-state index in [9.17, 15) is 9.18 Å². The Bertz CT molecular complexity index is 333. The molecule has 0 spiro atoms. The Balaban J connectivity index is 0.00000196. The van der Waals surface area contributed by atoms with Crippen molar-refractivity contribution in [1.82, 2.24) is 10.3 Å². The maximum absolute atomic E-state index is 13.0. The molecule has 0 saturated heterocycles. The number of hydrogen-bond acceptors (Lipinski definition) is 3. The van der Waals surface area contributed by atoms with Crippen LogP contribution < -0.4 is 11.1 Å². The van der Waals surface area contributed by atoms with Gasteiger partial charge in [-0.1, -0.05) is 0 Å². The van der Waals surface area contributed by atoms with Crippen molar-refractivity contribution in [2.24, 2.45) is 5.73 Å². The van der Waals surface area contributed by atoms with E-state index < -0.39 is 11.9 Å². The van der Waals surface area contributed by atoms with Crippen LogP contribution >= 0.6 is 12.4 Å². The molecule has 1 aromatic rings. The summed E-state index contributed by atoms with van der Waals surface area (Å²) in [6, 6.07) is 2.19. The van der Waals surface area contributed by atoms with Crippen molar-refractivity contribution in [3.8, 4) is 0 Å². The van der Waals surface area contributed by atoms with Gasteiger partial charge in [0.1, 0.15) is 5.82 Å². The van der Waals surface area contributed by atoms with Crippen LogP contribution in [0.25, 0.3) is 0 Å². The lowest BCUT2D eigenvalue weighted by atomic mass is 10.3. The van der Waals surface area contributed by atoms with Crippen molar-refractivity contribution >= 4 is 18.3 Å². The highest BCUT2D eigenvalue weighted by atomic mass is 35.5. The molecule has 1 rings (SSSR count). The van der Waals surface area contributed by atoms with Gasteiger partial charge in [0.2, 0.25) is 5.91 Å². The third-order valence-electron chi connectivity index (χ3n) is 1.68. The first-order valence-electron chi connectivity index (χ1n) is 4.24. The number of nitrogens with zero attached hydrogens (tertiary/aromatic N) is 1. The zero-order chi connectivity index (χ0) is 10.6. The van der Waals surface area contributed by atoms with Crippen molar-refractivity contribution in [2.75, 3.05) is 0 Å². The molecular weight excluding hydrogens is 221 g/mol. The zero-order valence-corrected chi connectivity index (χ0v) is 9.05. The fraction of sp³-hybridized carbons (Fsp3) is 0.333. The minimum atomic E-state index is -0.596. The van der Waals surface area contributed by atoms with Gasteiger partial charge in [-0.2, -0.15) is 0 Å². The number of aromatic nitrogens is 1. The van der Waals surface area contributed by atoms with Crippen LogP contribution in [0.1, 0.15) is 12.6 Å². The van der Waals surface area contributed by atoms with Gasteiger partial charge >= 0.3 is 0 Å². The molecule has 84 valence electrons. The topological polar surface area (TPSA) is 68.0 Å². The molecule has 3 N–H and O–H groups in total. The molecule has 0 aliphatic rings. The average molecular weight is 234 g/mol. The predicted molar refractivity (Wildman–Crippen MR) is 56.9 cm³/mol. The second-order valence-corrected chi connectivity index (χ2v) is 2.94. The Morgan fingerprint density at radius 3 is 2.93 bits per heavy atom. The second-order valence-electron chi connectivity index (χ2n) is 2.94. The molecule has 1 heterocycles. The Kier molecular flexibility index (Phi) is 5.81. The van der Waals surface area contributed by atoms with Gasteiger partial charge in [0, 0.05) is 6.20 Å². The van der Waals surface area contributed by atoms with Crippen molar-refractivity contribution < 1.29 is 9.18 Å². The summed E-state index contributed by atoms with van der Waals surface area (Å²) in [5.74, 6) is -0.757. The highest BCUT2D eigenvalue weighted by molar-refractivity contribution is 5.85. The number of rotatable bonds is 3. The van der Waals surface area contributed by atoms with E-state index >= 15 is 0 Å². The lowest BCUT2D eigenvalue weighted by Crippen LogP contribution is -2.38. The monoisotopic (exact) mass is 233 g/mol. The number of amides is 1. The summed E-state index contributed by atoms with van der Waals surface area (Å²) in [6.45, 7) is 1.62. The van der Waals surface area contributed by atoms with Crippen LogP contribution in [0, 0.1) is 5.82 Å². The van der Waals surface area contributed by atoms with Crippen LogP contribution in [0.4, 0.5) is 4.39 Å². The van der Waals surface area contributed by atoms with Crippen LogP contribution in [0.3, 0.4) is 0 Å². The predicted octanol–water partition coefficient (Wildman–Crippen LogP) is 0.606. The van der Waals surface area contributed by atoms with Gasteiger partial charge in [-0.25, -0.2) is 4.39 Å². The van der Waals surface area contributed by atoms with Gasteiger partial charge in [-0.15, -0.1) is 12.4 Å². The first-order chi connectivity index (χ1) is 6.61. The molecule has 0 aliphatic carbocycles. The molecular formula is C9H13ClFN3O. The Morgan fingerprint density at radius 2 is 2.40 bits per heavy atom. The molecule has 1 aromatic heterocycles. The van der Waals surface area contributed by atoms with Gasteiger partial charge in [0.25, 0.3) is 0 Å². The number of carbonyl (C=O) groups is 1. The Hall–Kier alpha value is -1.20. The van der Waals surface area contributed by atoms with Crippen LogP contribution in [-0.2, 0) is 11.3 Å². The maximum Gasteiger partial charge on any atom is 0.236 e. The molecule has 1 amide bonds. The highest BCUT2D eigenvalue weighted by Crippen LogP contribution is 2.01. The molecule has 0 unspecified atom stereocenters. The zero-order valence-electron chi connectivity index (χ0n) is 8.24. The van der Waals surface area contributed by atoms with E-state index in [1.165, 1.54) is 18.3 Å². The summed E-state index contributed by atoms with van der Waals surface area (Å²) < 4.78 is 13.0. The fourth-order valence-corrected chi connectivity index (χ4v) is 0.880. The molecule has 6 heteroatoms. The molecule has 0 aromatic carbocycles. The second kappa shape index (κ2) is 6.31. The quantitative estimate of drug-likeness (QED) is 0.804.